The number of aromatic nitrogens is 1. The zero-order valence-electron chi connectivity index (χ0n) is 39.7. The van der Waals surface area contributed by atoms with Gasteiger partial charge in [-0.15, -0.1) is 11.3 Å². The monoisotopic (exact) mass is 992 g/mol. The first-order chi connectivity index (χ1) is 34.7. The molecule has 1 aliphatic carbocycles. The largest absolute Gasteiger partial charge is 0.423 e. The van der Waals surface area contributed by atoms with Crippen molar-refractivity contribution in [2.75, 3.05) is 5.32 Å². The van der Waals surface area contributed by atoms with Gasteiger partial charge in [0.2, 0.25) is 35.4 Å². The zero-order chi connectivity index (χ0) is 50.6. The predicted octanol–water partition coefficient (Wildman–Crippen LogP) is 4.25. The minimum absolute atomic E-state index is 0.0100. The molecule has 4 heterocycles. The summed E-state index contributed by atoms with van der Waals surface area (Å²) in [7, 11) is 0. The van der Waals surface area contributed by atoms with E-state index in [0.717, 1.165) is 45.6 Å². The Hall–Kier alpha value is -7.93. The molecule has 2 aliphatic heterocycles. The minimum atomic E-state index is -1.20. The Bertz CT molecular complexity index is 3130. The van der Waals surface area contributed by atoms with Crippen LogP contribution in [0.1, 0.15) is 72.7 Å². The van der Waals surface area contributed by atoms with Crippen LogP contribution in [0.4, 0.5) is 11.4 Å². The van der Waals surface area contributed by atoms with E-state index >= 15 is 9.59 Å². The van der Waals surface area contributed by atoms with Crippen molar-refractivity contribution in [1.29, 1.82) is 0 Å². The number of benzene rings is 4. The number of aliphatic imine (C=N–C) groups is 1. The molecule has 1 saturated carbocycles. The number of fused-ring (bicyclic) bond motifs is 4. The van der Waals surface area contributed by atoms with Gasteiger partial charge in [-0.05, 0) is 90.3 Å². The molecule has 4 aromatic carbocycles. The van der Waals surface area contributed by atoms with Crippen LogP contribution in [0.3, 0.4) is 0 Å². The van der Waals surface area contributed by atoms with Crippen molar-refractivity contribution in [3.63, 3.8) is 0 Å². The van der Waals surface area contributed by atoms with Crippen molar-refractivity contribution in [2.24, 2.45) is 28.1 Å². The molecule has 9 N–H and O–H groups in total. The normalized spacial score (nSPS) is 19.1. The van der Waals surface area contributed by atoms with Crippen molar-refractivity contribution < 1.29 is 33.2 Å². The molecule has 9 rings (SSSR count). The molecule has 1 saturated heterocycles. The van der Waals surface area contributed by atoms with E-state index in [1.54, 1.807) is 41.3 Å². The predicted molar refractivity (Wildman–Crippen MR) is 273 cm³/mol. The number of hydrogen-bond acceptors (Lipinski definition) is 11. The summed E-state index contributed by atoms with van der Waals surface area (Å²) in [6.45, 7) is 1.68. The van der Waals surface area contributed by atoms with E-state index in [1.165, 1.54) is 35.3 Å². The summed E-state index contributed by atoms with van der Waals surface area (Å²) >= 11 is 1.51. The summed E-state index contributed by atoms with van der Waals surface area (Å²) in [5, 5.41) is 10.2. The first-order valence-corrected chi connectivity index (χ1v) is 24.9. The van der Waals surface area contributed by atoms with Crippen molar-refractivity contribution in [3.05, 3.63) is 135 Å². The van der Waals surface area contributed by atoms with E-state index in [2.05, 4.69) is 20.9 Å². The van der Waals surface area contributed by atoms with Crippen molar-refractivity contribution in [1.82, 2.24) is 25.4 Å². The van der Waals surface area contributed by atoms with Gasteiger partial charge in [0.25, 0.3) is 0 Å². The van der Waals surface area contributed by atoms with Gasteiger partial charge < -0.3 is 47.4 Å². The molecule has 2 fully saturated rings. The average Bonchev–Trinajstić information content (AvgIpc) is 3.96. The number of guanidine groups is 1. The molecule has 6 aromatic rings. The zero-order valence-corrected chi connectivity index (χ0v) is 40.5. The number of nitrogens with zero attached hydrogens (tertiary/aromatic N) is 4. The first-order valence-electron chi connectivity index (χ1n) is 24.1. The quantitative estimate of drug-likeness (QED) is 0.0481. The molecule has 372 valence electrons. The third kappa shape index (κ3) is 11.0. The molecular formula is C53H56N10O8S. The molecule has 3 aliphatic rings. The molecular weight excluding hydrogens is 937 g/mol. The Kier molecular flexibility index (Phi) is 14.4. The first kappa shape index (κ1) is 49.1. The Morgan fingerprint density at radius 1 is 0.847 bits per heavy atom. The van der Waals surface area contributed by atoms with Gasteiger partial charge in [-0.1, -0.05) is 61.4 Å². The summed E-state index contributed by atoms with van der Waals surface area (Å²) in [6, 6.07) is 23.6. The third-order valence-electron chi connectivity index (χ3n) is 13.9. The molecule has 0 bridgehead atoms. The Balaban J connectivity index is 1.02. The second-order valence-electron chi connectivity index (χ2n) is 18.8. The Morgan fingerprint density at radius 2 is 1.57 bits per heavy atom. The number of thiazole rings is 1. The minimum Gasteiger partial charge on any atom is -0.423 e. The van der Waals surface area contributed by atoms with Gasteiger partial charge in [0, 0.05) is 62.0 Å². The van der Waals surface area contributed by atoms with Crippen LogP contribution in [0.15, 0.2) is 111 Å². The highest BCUT2D eigenvalue weighted by atomic mass is 32.1. The van der Waals surface area contributed by atoms with Crippen LogP contribution in [0, 0.1) is 5.92 Å². The lowest BCUT2D eigenvalue weighted by atomic mass is 9.84. The van der Waals surface area contributed by atoms with Gasteiger partial charge in [-0.25, -0.2) is 14.8 Å². The number of aryl methyl sites for hydroxylation is 1. The maximum Gasteiger partial charge on any atom is 0.336 e. The average molecular weight is 993 g/mol. The number of primary amides is 1. The molecule has 19 heteroatoms. The molecule has 6 amide bonds. The number of para-hydroxylation sites is 1. The fourth-order valence-corrected chi connectivity index (χ4v) is 11.5. The van der Waals surface area contributed by atoms with E-state index in [1.807, 2.05) is 48.5 Å². The van der Waals surface area contributed by atoms with E-state index in [0.29, 0.717) is 41.5 Å². The number of likely N-dealkylation sites (tertiary alicyclic amines) is 1. The van der Waals surface area contributed by atoms with Crippen molar-refractivity contribution >= 4 is 85.3 Å². The number of anilines is 1. The number of carbonyl (C=O) groups is 6. The van der Waals surface area contributed by atoms with Crippen LogP contribution in [-0.2, 0) is 61.0 Å². The molecule has 0 spiro atoms. The van der Waals surface area contributed by atoms with Gasteiger partial charge in [0.05, 0.1) is 27.3 Å². The second-order valence-corrected chi connectivity index (χ2v) is 19.9. The van der Waals surface area contributed by atoms with E-state index in [-0.39, 0.29) is 67.3 Å². The highest BCUT2D eigenvalue weighted by Gasteiger charge is 2.50. The van der Waals surface area contributed by atoms with Crippen LogP contribution < -0.4 is 38.8 Å². The van der Waals surface area contributed by atoms with Gasteiger partial charge in [0.1, 0.15) is 29.8 Å². The van der Waals surface area contributed by atoms with Crippen LogP contribution in [0.2, 0.25) is 0 Å². The highest BCUT2D eigenvalue weighted by molar-refractivity contribution is 7.18. The van der Waals surface area contributed by atoms with Crippen molar-refractivity contribution in [3.8, 4) is 0 Å². The van der Waals surface area contributed by atoms with Crippen LogP contribution in [0.5, 0.6) is 0 Å². The SMILES string of the molecule is CC(=O)N1Cc2ccccc2C[C@H]1C(=O)N[C@@H](CCc1nc2ccccc2s1)C(=O)N1C2CCCCC2C[C@H]1C(=O)N[C@@H](Cc1ccc(N=C(N)N)cc1)C(=O)Nc1ccc2c(CC(N)=O)cc(=O)oc2c1. The lowest BCUT2D eigenvalue weighted by Crippen LogP contribution is -2.60. The number of amides is 6. The lowest BCUT2D eigenvalue weighted by molar-refractivity contribution is -0.146. The maximum atomic E-state index is 15.5. The fourth-order valence-electron chi connectivity index (χ4n) is 10.5. The standard InChI is InChI=1S/C53H56N10O8S/c1-29(64)62-28-33-10-3-2-8-31(33)23-42(62)50(68)60-39(20-21-47-59-38-11-5-7-13-45(38)72-47)52(70)63-41-12-6-4-9-32(41)24-43(63)51(69)61-40(22-30-14-16-35(17-15-30)58-53(55)56)49(67)57-36-18-19-37-34(25-46(54)65)26-48(66)71-44(37)27-36/h2-3,5,7-8,10-11,13-19,26-27,32,39-43H,4,6,9,12,20-25,28H2,1H3,(H2,54,65)(H,57,67)(H,60,68)(H,61,69)(H4,55,56,58)/t32?,39-,40-,41?,42-,43-/m0/s1. The summed E-state index contributed by atoms with van der Waals surface area (Å²) in [6.07, 6.45) is 4.17. The number of hydrogen-bond donors (Lipinski definition) is 6. The van der Waals surface area contributed by atoms with Gasteiger partial charge >= 0.3 is 5.63 Å². The Labute approximate surface area is 418 Å². The van der Waals surface area contributed by atoms with Crippen LogP contribution >= 0.6 is 11.3 Å². The molecule has 72 heavy (non-hydrogen) atoms. The van der Waals surface area contributed by atoms with Crippen LogP contribution in [-0.4, -0.2) is 86.4 Å². The number of nitrogens with one attached hydrogen (secondary N) is 3. The molecule has 6 atom stereocenters. The molecule has 0 radical (unpaired) electrons. The van der Waals surface area contributed by atoms with Gasteiger partial charge in [-0.3, -0.25) is 28.8 Å². The van der Waals surface area contributed by atoms with Gasteiger partial charge in [-0.2, -0.15) is 0 Å². The summed E-state index contributed by atoms with van der Waals surface area (Å²) in [5.74, 6) is -3.09. The second kappa shape index (κ2) is 21.2. The van der Waals surface area contributed by atoms with E-state index < -0.39 is 59.3 Å². The highest BCUT2D eigenvalue weighted by Crippen LogP contribution is 2.41. The molecule has 18 nitrogen and oxygen atoms in total. The van der Waals surface area contributed by atoms with E-state index in [9.17, 15) is 24.0 Å². The molecule has 2 unspecified atom stereocenters. The van der Waals surface area contributed by atoms with Crippen LogP contribution in [0.25, 0.3) is 21.2 Å². The van der Waals surface area contributed by atoms with Crippen molar-refractivity contribution in [2.45, 2.75) is 108 Å². The summed E-state index contributed by atoms with van der Waals surface area (Å²) in [4.78, 5) is 109. The Morgan fingerprint density at radius 3 is 2.32 bits per heavy atom. The fraction of sp³-hybridized carbons (Fsp3) is 0.340. The topological polar surface area (TPSA) is 279 Å². The summed E-state index contributed by atoms with van der Waals surface area (Å²) in [5.41, 5.74) is 20.5. The number of carbonyl (C=O) groups excluding carboxylic acids is 6. The maximum absolute atomic E-state index is 15.5. The number of rotatable bonds is 15. The van der Waals surface area contributed by atoms with Gasteiger partial charge in [0.15, 0.2) is 5.96 Å². The van der Waals surface area contributed by atoms with E-state index in [4.69, 9.17) is 26.6 Å². The molecule has 2 aromatic heterocycles. The third-order valence-corrected chi connectivity index (χ3v) is 15.0. The summed E-state index contributed by atoms with van der Waals surface area (Å²) < 4.78 is 6.43. The smallest absolute Gasteiger partial charge is 0.336 e. The lowest BCUT2D eigenvalue weighted by Gasteiger charge is -2.38. The number of nitrogens with two attached hydrogens (primary N) is 3.